The van der Waals surface area contributed by atoms with Gasteiger partial charge in [0.05, 0.1) is 0 Å². The maximum Gasteiger partial charge on any atom is 0.210 e. The first-order valence-electron chi connectivity index (χ1n) is 6.30. The fourth-order valence-corrected chi connectivity index (χ4v) is 1.89. The summed E-state index contributed by atoms with van der Waals surface area (Å²) < 4.78 is 0. The van der Waals surface area contributed by atoms with Crippen molar-refractivity contribution in [2.45, 2.75) is 34.6 Å². The van der Waals surface area contributed by atoms with E-state index >= 15 is 0 Å². The summed E-state index contributed by atoms with van der Waals surface area (Å²) in [6, 6.07) is 4.29. The first-order chi connectivity index (χ1) is 8.43. The minimum absolute atomic E-state index is 0.510. The molecule has 0 saturated heterocycles. The Bertz CT molecular complexity index is 412. The van der Waals surface area contributed by atoms with Crippen LogP contribution >= 0.6 is 0 Å². The van der Waals surface area contributed by atoms with Crippen LogP contribution < -0.4 is 16.6 Å². The van der Waals surface area contributed by atoms with Crippen LogP contribution in [0.15, 0.2) is 17.1 Å². The van der Waals surface area contributed by atoms with Crippen LogP contribution in [0.1, 0.15) is 30.5 Å². The summed E-state index contributed by atoms with van der Waals surface area (Å²) in [7, 11) is 0. The van der Waals surface area contributed by atoms with Crippen molar-refractivity contribution >= 4 is 11.6 Å². The van der Waals surface area contributed by atoms with Crippen LogP contribution in [0.25, 0.3) is 0 Å². The van der Waals surface area contributed by atoms with Crippen molar-refractivity contribution in [3.8, 4) is 0 Å². The second kappa shape index (κ2) is 6.40. The molecule has 4 N–H and O–H groups in total. The summed E-state index contributed by atoms with van der Waals surface area (Å²) in [6.07, 6.45) is 0. The third-order valence-electron chi connectivity index (χ3n) is 2.67. The molecular formula is C14H24N4. The SMILES string of the molecule is Cc1cc(C)c(NC(=NCC(C)C)NN)c(C)c1. The molecule has 0 aromatic heterocycles. The average Bonchev–Trinajstić information content (AvgIpc) is 2.26. The summed E-state index contributed by atoms with van der Waals surface area (Å²) >= 11 is 0. The van der Waals surface area contributed by atoms with E-state index < -0.39 is 0 Å². The molecule has 0 aliphatic carbocycles. The molecule has 18 heavy (non-hydrogen) atoms. The van der Waals surface area contributed by atoms with E-state index in [2.05, 4.69) is 62.5 Å². The number of hydrogen-bond acceptors (Lipinski definition) is 2. The van der Waals surface area contributed by atoms with Crippen molar-refractivity contribution in [2.75, 3.05) is 11.9 Å². The summed E-state index contributed by atoms with van der Waals surface area (Å²) in [5.74, 6) is 6.61. The molecule has 1 aromatic rings. The molecule has 100 valence electrons. The highest BCUT2D eigenvalue weighted by Crippen LogP contribution is 2.21. The fraction of sp³-hybridized carbons (Fsp3) is 0.500. The summed E-state index contributed by atoms with van der Waals surface area (Å²) in [6.45, 7) is 11.3. The molecular weight excluding hydrogens is 224 g/mol. The third-order valence-corrected chi connectivity index (χ3v) is 2.67. The van der Waals surface area contributed by atoms with E-state index in [1.165, 1.54) is 16.7 Å². The number of nitrogens with two attached hydrogens (primary N) is 1. The molecule has 0 unspecified atom stereocenters. The van der Waals surface area contributed by atoms with Crippen molar-refractivity contribution in [1.82, 2.24) is 5.43 Å². The summed E-state index contributed by atoms with van der Waals surface area (Å²) in [5.41, 5.74) is 7.33. The van der Waals surface area contributed by atoms with Crippen molar-refractivity contribution in [1.29, 1.82) is 0 Å². The lowest BCUT2D eigenvalue weighted by molar-refractivity contribution is 0.663. The van der Waals surface area contributed by atoms with E-state index in [-0.39, 0.29) is 0 Å². The molecule has 0 saturated carbocycles. The van der Waals surface area contributed by atoms with Crippen LogP contribution in [-0.4, -0.2) is 12.5 Å². The van der Waals surface area contributed by atoms with Crippen LogP contribution in [0.5, 0.6) is 0 Å². The zero-order valence-electron chi connectivity index (χ0n) is 12.0. The molecule has 0 amide bonds. The van der Waals surface area contributed by atoms with Gasteiger partial charge in [-0.1, -0.05) is 31.5 Å². The van der Waals surface area contributed by atoms with Gasteiger partial charge in [0.15, 0.2) is 0 Å². The molecule has 0 radical (unpaired) electrons. The Labute approximate surface area is 110 Å². The van der Waals surface area contributed by atoms with E-state index in [1.807, 2.05) is 0 Å². The second-order valence-corrected chi connectivity index (χ2v) is 5.13. The number of rotatable bonds is 3. The largest absolute Gasteiger partial charge is 0.325 e. The highest BCUT2D eigenvalue weighted by atomic mass is 15.3. The number of nitrogens with one attached hydrogen (secondary N) is 2. The Morgan fingerprint density at radius 2 is 1.78 bits per heavy atom. The Kier molecular flexibility index (Phi) is 5.16. The fourth-order valence-electron chi connectivity index (χ4n) is 1.89. The molecule has 4 heteroatoms. The predicted molar refractivity (Wildman–Crippen MR) is 78.7 cm³/mol. The topological polar surface area (TPSA) is 62.4 Å². The molecule has 4 nitrogen and oxygen atoms in total. The standard InChI is InChI=1S/C14H24N4/c1-9(2)8-16-14(18-15)17-13-11(4)6-10(3)7-12(13)5/h6-7,9H,8,15H2,1-5H3,(H2,16,17,18). The lowest BCUT2D eigenvalue weighted by atomic mass is 10.1. The number of hydrazine groups is 1. The van der Waals surface area contributed by atoms with Gasteiger partial charge in [-0.3, -0.25) is 10.4 Å². The van der Waals surface area contributed by atoms with Crippen LogP contribution in [0.4, 0.5) is 5.69 Å². The minimum atomic E-state index is 0.510. The van der Waals surface area contributed by atoms with Gasteiger partial charge in [0.1, 0.15) is 0 Å². The molecule has 1 aromatic carbocycles. The first-order valence-corrected chi connectivity index (χ1v) is 6.30. The number of guanidine groups is 1. The molecule has 0 spiro atoms. The van der Waals surface area contributed by atoms with Crippen LogP contribution in [0.3, 0.4) is 0 Å². The Balaban J connectivity index is 2.92. The molecule has 0 aliphatic rings. The maximum atomic E-state index is 5.49. The predicted octanol–water partition coefficient (Wildman–Crippen LogP) is 2.50. The minimum Gasteiger partial charge on any atom is -0.325 e. The Hall–Kier alpha value is -1.55. The van der Waals surface area contributed by atoms with Crippen molar-refractivity contribution in [3.63, 3.8) is 0 Å². The number of aliphatic imine (C=N–C) groups is 1. The van der Waals surface area contributed by atoms with E-state index in [4.69, 9.17) is 5.84 Å². The summed E-state index contributed by atoms with van der Waals surface area (Å²) in [5, 5.41) is 3.26. The molecule has 1 rings (SSSR count). The molecule has 0 aliphatic heterocycles. The van der Waals surface area contributed by atoms with E-state index in [0.29, 0.717) is 11.9 Å². The number of nitrogens with zero attached hydrogens (tertiary/aromatic N) is 1. The van der Waals surface area contributed by atoms with Gasteiger partial charge < -0.3 is 5.32 Å². The lowest BCUT2D eigenvalue weighted by Gasteiger charge is -2.15. The van der Waals surface area contributed by atoms with E-state index in [0.717, 1.165) is 12.2 Å². The van der Waals surface area contributed by atoms with Gasteiger partial charge >= 0.3 is 0 Å². The molecule has 0 fully saturated rings. The molecule has 0 bridgehead atoms. The smallest absolute Gasteiger partial charge is 0.210 e. The van der Waals surface area contributed by atoms with Gasteiger partial charge in [0.25, 0.3) is 0 Å². The second-order valence-electron chi connectivity index (χ2n) is 5.13. The van der Waals surface area contributed by atoms with Crippen molar-refractivity contribution in [2.24, 2.45) is 16.8 Å². The average molecular weight is 248 g/mol. The van der Waals surface area contributed by atoms with Gasteiger partial charge in [-0.2, -0.15) is 0 Å². The van der Waals surface area contributed by atoms with Gasteiger partial charge in [-0.15, -0.1) is 0 Å². The van der Waals surface area contributed by atoms with Crippen molar-refractivity contribution < 1.29 is 0 Å². The van der Waals surface area contributed by atoms with Crippen LogP contribution in [-0.2, 0) is 0 Å². The Morgan fingerprint density at radius 1 is 1.22 bits per heavy atom. The normalized spacial score (nSPS) is 11.8. The van der Waals surface area contributed by atoms with E-state index in [9.17, 15) is 0 Å². The first kappa shape index (κ1) is 14.5. The number of aryl methyl sites for hydroxylation is 3. The third kappa shape index (κ3) is 4.04. The molecule has 0 atom stereocenters. The maximum absolute atomic E-state index is 5.49. The monoisotopic (exact) mass is 248 g/mol. The van der Waals surface area contributed by atoms with E-state index in [1.54, 1.807) is 0 Å². The zero-order valence-corrected chi connectivity index (χ0v) is 12.0. The van der Waals surface area contributed by atoms with Gasteiger partial charge in [-0.05, 0) is 37.8 Å². The van der Waals surface area contributed by atoms with Crippen molar-refractivity contribution in [3.05, 3.63) is 28.8 Å². The molecule has 0 heterocycles. The van der Waals surface area contributed by atoms with Gasteiger partial charge in [-0.25, -0.2) is 5.84 Å². The highest BCUT2D eigenvalue weighted by Gasteiger charge is 2.06. The number of benzene rings is 1. The lowest BCUT2D eigenvalue weighted by Crippen LogP contribution is -2.37. The van der Waals surface area contributed by atoms with Gasteiger partial charge in [0.2, 0.25) is 5.96 Å². The summed E-state index contributed by atoms with van der Waals surface area (Å²) in [4.78, 5) is 4.41. The van der Waals surface area contributed by atoms with Crippen LogP contribution in [0, 0.1) is 26.7 Å². The van der Waals surface area contributed by atoms with Gasteiger partial charge in [0, 0.05) is 12.2 Å². The Morgan fingerprint density at radius 3 is 2.22 bits per heavy atom. The highest BCUT2D eigenvalue weighted by molar-refractivity contribution is 5.94. The van der Waals surface area contributed by atoms with Crippen LogP contribution in [0.2, 0.25) is 0 Å². The number of hydrogen-bond donors (Lipinski definition) is 3. The quantitative estimate of drug-likeness (QED) is 0.333. The number of anilines is 1. The zero-order chi connectivity index (χ0) is 13.7.